The quantitative estimate of drug-likeness (QED) is 0.839. The first-order chi connectivity index (χ1) is 7.58. The Morgan fingerprint density at radius 2 is 1.76 bits per heavy atom. The molecule has 1 N–H and O–H groups in total. The molecule has 1 heterocycles. The molecule has 0 saturated heterocycles. The van der Waals surface area contributed by atoms with Gasteiger partial charge in [0.25, 0.3) is 0 Å². The Kier molecular flexibility index (Phi) is 3.76. The fraction of sp³-hybridized carbons (Fsp3) is 0.727. The second-order valence-corrected chi connectivity index (χ2v) is 6.77. The third-order valence-corrected chi connectivity index (χ3v) is 2.94. The summed E-state index contributed by atoms with van der Waals surface area (Å²) in [5, 5.41) is 11.9. The normalized spacial score (nSPS) is 12.4. The van der Waals surface area contributed by atoms with Gasteiger partial charge in [-0.1, -0.05) is 32.1 Å². The smallest absolute Gasteiger partial charge is 0.414 e. The standard InChI is InChI=1S/C11H19N3O2S/c1-10(2,3)7-13-14-8(17-7)12-9(15)16-11(4,5)6/h1-6H3,(H,12,14,15). The van der Waals surface area contributed by atoms with Crippen LogP contribution in [-0.4, -0.2) is 21.9 Å². The summed E-state index contributed by atoms with van der Waals surface area (Å²) in [6.07, 6.45) is -0.505. The van der Waals surface area contributed by atoms with E-state index in [1.807, 2.05) is 41.5 Å². The van der Waals surface area contributed by atoms with Gasteiger partial charge in [-0.05, 0) is 20.8 Å². The van der Waals surface area contributed by atoms with E-state index >= 15 is 0 Å². The molecule has 0 atom stereocenters. The Bertz CT molecular complexity index is 402. The monoisotopic (exact) mass is 257 g/mol. The number of hydrogen-bond donors (Lipinski definition) is 1. The first kappa shape index (κ1) is 13.9. The summed E-state index contributed by atoms with van der Waals surface area (Å²) in [5.74, 6) is 0. The number of carbonyl (C=O) groups is 1. The lowest BCUT2D eigenvalue weighted by Gasteiger charge is -2.18. The molecule has 0 saturated carbocycles. The lowest BCUT2D eigenvalue weighted by molar-refractivity contribution is 0.0636. The van der Waals surface area contributed by atoms with E-state index in [1.54, 1.807) is 0 Å². The Labute approximate surface area is 106 Å². The number of nitrogens with one attached hydrogen (secondary N) is 1. The maximum Gasteiger partial charge on any atom is 0.414 e. The average Bonchev–Trinajstić information content (AvgIpc) is 2.47. The average molecular weight is 257 g/mol. The molecule has 0 aliphatic carbocycles. The molecule has 96 valence electrons. The van der Waals surface area contributed by atoms with Crippen molar-refractivity contribution in [2.75, 3.05) is 5.32 Å². The van der Waals surface area contributed by atoms with Gasteiger partial charge in [0.2, 0.25) is 5.13 Å². The van der Waals surface area contributed by atoms with Crippen LogP contribution in [0.25, 0.3) is 0 Å². The summed E-state index contributed by atoms with van der Waals surface area (Å²) in [5.41, 5.74) is -0.576. The summed E-state index contributed by atoms with van der Waals surface area (Å²) < 4.78 is 5.13. The molecular formula is C11H19N3O2S. The SMILES string of the molecule is CC(C)(C)OC(=O)Nc1nnc(C(C)(C)C)s1. The molecule has 0 fully saturated rings. The summed E-state index contributed by atoms with van der Waals surface area (Å²) in [4.78, 5) is 11.5. The van der Waals surface area contributed by atoms with Gasteiger partial charge in [0.15, 0.2) is 0 Å². The molecule has 1 amide bonds. The minimum atomic E-state index is -0.512. The molecule has 1 aromatic rings. The number of hydrogen-bond acceptors (Lipinski definition) is 5. The second kappa shape index (κ2) is 4.60. The lowest BCUT2D eigenvalue weighted by Crippen LogP contribution is -2.27. The largest absolute Gasteiger partial charge is 0.444 e. The van der Waals surface area contributed by atoms with Gasteiger partial charge in [0.1, 0.15) is 10.6 Å². The third kappa shape index (κ3) is 4.68. The van der Waals surface area contributed by atoms with Crippen LogP contribution in [0.2, 0.25) is 0 Å². The first-order valence-electron chi connectivity index (χ1n) is 5.42. The van der Waals surface area contributed by atoms with E-state index in [4.69, 9.17) is 4.74 Å². The van der Waals surface area contributed by atoms with Crippen molar-refractivity contribution in [1.29, 1.82) is 0 Å². The number of amides is 1. The van der Waals surface area contributed by atoms with Crippen LogP contribution >= 0.6 is 11.3 Å². The highest BCUT2D eigenvalue weighted by Gasteiger charge is 2.21. The number of ether oxygens (including phenoxy) is 1. The first-order valence-corrected chi connectivity index (χ1v) is 6.23. The van der Waals surface area contributed by atoms with E-state index in [0.717, 1.165) is 5.01 Å². The van der Waals surface area contributed by atoms with Crippen LogP contribution in [0, 0.1) is 0 Å². The van der Waals surface area contributed by atoms with Crippen molar-refractivity contribution >= 4 is 22.6 Å². The van der Waals surface area contributed by atoms with Crippen LogP contribution in [0.3, 0.4) is 0 Å². The van der Waals surface area contributed by atoms with Crippen molar-refractivity contribution in [2.24, 2.45) is 0 Å². The van der Waals surface area contributed by atoms with Gasteiger partial charge < -0.3 is 4.74 Å². The van der Waals surface area contributed by atoms with Gasteiger partial charge in [0.05, 0.1) is 0 Å². The van der Waals surface area contributed by atoms with Gasteiger partial charge >= 0.3 is 6.09 Å². The topological polar surface area (TPSA) is 64.1 Å². The zero-order chi connectivity index (χ0) is 13.3. The lowest BCUT2D eigenvalue weighted by atomic mass is 9.98. The van der Waals surface area contributed by atoms with Crippen LogP contribution in [0.5, 0.6) is 0 Å². The molecule has 0 radical (unpaired) electrons. The van der Waals surface area contributed by atoms with Crippen molar-refractivity contribution in [3.63, 3.8) is 0 Å². The van der Waals surface area contributed by atoms with E-state index in [2.05, 4.69) is 15.5 Å². The van der Waals surface area contributed by atoms with Crippen molar-refractivity contribution in [2.45, 2.75) is 52.6 Å². The highest BCUT2D eigenvalue weighted by Crippen LogP contribution is 2.27. The maximum absolute atomic E-state index is 11.5. The molecule has 17 heavy (non-hydrogen) atoms. The number of nitrogens with zero attached hydrogens (tertiary/aromatic N) is 2. The summed E-state index contributed by atoms with van der Waals surface area (Å²) in [6.45, 7) is 11.6. The van der Waals surface area contributed by atoms with E-state index < -0.39 is 11.7 Å². The molecule has 0 aromatic carbocycles. The summed E-state index contributed by atoms with van der Waals surface area (Å²) in [7, 11) is 0. The zero-order valence-electron chi connectivity index (χ0n) is 11.1. The fourth-order valence-electron chi connectivity index (χ4n) is 0.968. The predicted octanol–water partition coefficient (Wildman–Crippen LogP) is 3.18. The van der Waals surface area contributed by atoms with Gasteiger partial charge in [-0.15, -0.1) is 10.2 Å². The summed E-state index contributed by atoms with van der Waals surface area (Å²) in [6, 6.07) is 0. The van der Waals surface area contributed by atoms with Gasteiger partial charge in [-0.25, -0.2) is 4.79 Å². The number of rotatable bonds is 1. The Hall–Kier alpha value is -1.17. The van der Waals surface area contributed by atoms with Crippen LogP contribution in [0.15, 0.2) is 0 Å². The van der Waals surface area contributed by atoms with Crippen LogP contribution in [0.1, 0.15) is 46.6 Å². The molecule has 0 unspecified atom stereocenters. The molecule has 1 aromatic heterocycles. The molecule has 5 nitrogen and oxygen atoms in total. The Morgan fingerprint density at radius 1 is 1.18 bits per heavy atom. The highest BCUT2D eigenvalue weighted by atomic mass is 32.1. The van der Waals surface area contributed by atoms with E-state index in [0.29, 0.717) is 5.13 Å². The van der Waals surface area contributed by atoms with E-state index in [1.165, 1.54) is 11.3 Å². The Morgan fingerprint density at radius 3 is 2.18 bits per heavy atom. The third-order valence-electron chi connectivity index (χ3n) is 1.67. The molecule has 0 bridgehead atoms. The molecule has 6 heteroatoms. The van der Waals surface area contributed by atoms with E-state index in [9.17, 15) is 4.79 Å². The molecule has 0 spiro atoms. The van der Waals surface area contributed by atoms with Crippen LogP contribution < -0.4 is 5.32 Å². The van der Waals surface area contributed by atoms with Crippen molar-refractivity contribution < 1.29 is 9.53 Å². The maximum atomic E-state index is 11.5. The highest BCUT2D eigenvalue weighted by molar-refractivity contribution is 7.15. The molecule has 0 aliphatic rings. The predicted molar refractivity (Wildman–Crippen MR) is 68.5 cm³/mol. The minimum absolute atomic E-state index is 0.0640. The van der Waals surface area contributed by atoms with Gasteiger partial charge in [-0.2, -0.15) is 0 Å². The summed E-state index contributed by atoms with van der Waals surface area (Å²) >= 11 is 1.36. The number of carbonyl (C=O) groups excluding carboxylic acids is 1. The van der Waals surface area contributed by atoms with Crippen LogP contribution in [0.4, 0.5) is 9.93 Å². The van der Waals surface area contributed by atoms with Crippen molar-refractivity contribution in [3.8, 4) is 0 Å². The van der Waals surface area contributed by atoms with Crippen LogP contribution in [-0.2, 0) is 10.2 Å². The minimum Gasteiger partial charge on any atom is -0.444 e. The Balaban J connectivity index is 2.65. The molecular weight excluding hydrogens is 238 g/mol. The van der Waals surface area contributed by atoms with Crippen molar-refractivity contribution in [3.05, 3.63) is 5.01 Å². The van der Waals surface area contributed by atoms with Gasteiger partial charge in [-0.3, -0.25) is 5.32 Å². The van der Waals surface area contributed by atoms with Gasteiger partial charge in [0, 0.05) is 5.41 Å². The fourth-order valence-corrected chi connectivity index (χ4v) is 1.75. The van der Waals surface area contributed by atoms with E-state index in [-0.39, 0.29) is 5.41 Å². The van der Waals surface area contributed by atoms with Crippen molar-refractivity contribution in [1.82, 2.24) is 10.2 Å². The molecule has 1 rings (SSSR count). The number of anilines is 1. The molecule has 0 aliphatic heterocycles. The number of aromatic nitrogens is 2. The second-order valence-electron chi connectivity index (χ2n) is 5.79. The zero-order valence-corrected chi connectivity index (χ0v) is 11.9.